The van der Waals surface area contributed by atoms with Gasteiger partial charge in [-0.25, -0.2) is 9.59 Å². The van der Waals surface area contributed by atoms with E-state index in [-0.39, 0.29) is 12.2 Å². The summed E-state index contributed by atoms with van der Waals surface area (Å²) in [5.41, 5.74) is 1.85. The molecule has 0 aromatic heterocycles. The summed E-state index contributed by atoms with van der Waals surface area (Å²) in [4.78, 5) is 24.6. The number of anilines is 1. The van der Waals surface area contributed by atoms with Gasteiger partial charge in [-0.15, -0.1) is 0 Å². The number of hydrogen-bond acceptors (Lipinski definition) is 3. The Balaban J connectivity index is 2.31. The Kier molecular flexibility index (Phi) is 4.40. The van der Waals surface area contributed by atoms with E-state index >= 15 is 0 Å². The number of rotatable bonds is 3. The summed E-state index contributed by atoms with van der Waals surface area (Å²) in [6.45, 7) is 4.25. The van der Waals surface area contributed by atoms with E-state index in [1.54, 1.807) is 17.0 Å². The van der Waals surface area contributed by atoms with E-state index in [1.807, 2.05) is 0 Å². The molecular formula is C15H17NO4. The van der Waals surface area contributed by atoms with Crippen molar-refractivity contribution >= 4 is 17.7 Å². The molecule has 1 aliphatic heterocycles. The molecule has 0 radical (unpaired) electrons. The van der Waals surface area contributed by atoms with E-state index in [1.165, 1.54) is 12.1 Å². The Morgan fingerprint density at radius 1 is 1.40 bits per heavy atom. The molecule has 0 atom stereocenters. The van der Waals surface area contributed by atoms with Crippen LogP contribution < -0.4 is 4.90 Å². The van der Waals surface area contributed by atoms with Crippen LogP contribution in [0.4, 0.5) is 10.5 Å². The van der Waals surface area contributed by atoms with E-state index in [4.69, 9.17) is 9.84 Å². The van der Waals surface area contributed by atoms with Gasteiger partial charge in [0.15, 0.2) is 0 Å². The Morgan fingerprint density at radius 3 is 2.90 bits per heavy atom. The smallest absolute Gasteiger partial charge is 0.414 e. The fourth-order valence-electron chi connectivity index (χ4n) is 2.29. The van der Waals surface area contributed by atoms with Crippen molar-refractivity contribution < 1.29 is 19.4 Å². The number of aryl methyl sites for hydroxylation is 1. The first kappa shape index (κ1) is 14.1. The molecule has 1 aromatic rings. The number of carbonyl (C=O) groups excluding carboxylic acids is 1. The Labute approximate surface area is 117 Å². The third kappa shape index (κ3) is 2.99. The number of nitrogens with zero attached hydrogens (tertiary/aromatic N) is 1. The first-order chi connectivity index (χ1) is 9.63. The molecule has 5 nitrogen and oxygen atoms in total. The highest BCUT2D eigenvalue weighted by atomic mass is 16.6. The molecule has 0 spiro atoms. The molecule has 1 N–H and O–H groups in total. The predicted molar refractivity (Wildman–Crippen MR) is 75.2 cm³/mol. The van der Waals surface area contributed by atoms with Crippen molar-refractivity contribution in [2.45, 2.75) is 19.3 Å². The molecule has 1 aromatic carbocycles. The zero-order valence-electron chi connectivity index (χ0n) is 11.2. The van der Waals surface area contributed by atoms with Crippen LogP contribution in [-0.4, -0.2) is 30.3 Å². The van der Waals surface area contributed by atoms with Crippen LogP contribution in [0.15, 0.2) is 30.9 Å². The van der Waals surface area contributed by atoms with Crippen LogP contribution >= 0.6 is 0 Å². The Hall–Kier alpha value is -2.30. The number of carbonyl (C=O) groups is 2. The zero-order chi connectivity index (χ0) is 14.5. The molecule has 1 aliphatic rings. The van der Waals surface area contributed by atoms with E-state index in [9.17, 15) is 9.59 Å². The minimum absolute atomic E-state index is 0.165. The van der Waals surface area contributed by atoms with Crippen molar-refractivity contribution in [2.75, 3.05) is 18.1 Å². The molecule has 0 fully saturated rings. The first-order valence-corrected chi connectivity index (χ1v) is 6.55. The minimum Gasteiger partial charge on any atom is -0.478 e. The molecule has 1 heterocycles. The highest BCUT2D eigenvalue weighted by Crippen LogP contribution is 2.28. The van der Waals surface area contributed by atoms with Gasteiger partial charge in [0.2, 0.25) is 0 Å². The number of hydrogen-bond donors (Lipinski definition) is 1. The van der Waals surface area contributed by atoms with Crippen molar-refractivity contribution in [1.82, 2.24) is 0 Å². The maximum absolute atomic E-state index is 12.0. The van der Waals surface area contributed by atoms with Crippen molar-refractivity contribution in [3.63, 3.8) is 0 Å². The van der Waals surface area contributed by atoms with Crippen molar-refractivity contribution in [2.24, 2.45) is 0 Å². The molecule has 106 valence electrons. The third-order valence-electron chi connectivity index (χ3n) is 3.24. The van der Waals surface area contributed by atoms with E-state index in [0.29, 0.717) is 6.54 Å². The third-order valence-corrected chi connectivity index (χ3v) is 3.24. The lowest BCUT2D eigenvalue weighted by Crippen LogP contribution is -2.32. The molecule has 0 saturated heterocycles. The van der Waals surface area contributed by atoms with Crippen LogP contribution in [0.25, 0.3) is 0 Å². The van der Waals surface area contributed by atoms with Crippen LogP contribution in [0.1, 0.15) is 28.8 Å². The summed E-state index contributed by atoms with van der Waals surface area (Å²) in [6.07, 6.45) is 3.64. The molecule has 1 amide bonds. The van der Waals surface area contributed by atoms with Gasteiger partial charge in [0.25, 0.3) is 0 Å². The summed E-state index contributed by atoms with van der Waals surface area (Å²) in [6, 6.07) is 4.83. The molecule has 2 rings (SSSR count). The van der Waals surface area contributed by atoms with Gasteiger partial charge < -0.3 is 9.84 Å². The summed E-state index contributed by atoms with van der Waals surface area (Å²) in [7, 11) is 0. The van der Waals surface area contributed by atoms with Crippen LogP contribution in [0.5, 0.6) is 0 Å². The lowest BCUT2D eigenvalue weighted by molar-refractivity contribution is 0.0696. The monoisotopic (exact) mass is 275 g/mol. The van der Waals surface area contributed by atoms with E-state index < -0.39 is 12.1 Å². The summed E-state index contributed by atoms with van der Waals surface area (Å²) >= 11 is 0. The minimum atomic E-state index is -0.960. The second kappa shape index (κ2) is 6.23. The van der Waals surface area contributed by atoms with E-state index in [2.05, 4.69) is 6.58 Å². The molecule has 0 aliphatic carbocycles. The van der Waals surface area contributed by atoms with Crippen LogP contribution in [0.3, 0.4) is 0 Å². The molecule has 0 saturated carbocycles. The lowest BCUT2D eigenvalue weighted by atomic mass is 10.0. The van der Waals surface area contributed by atoms with Gasteiger partial charge in [-0.3, -0.25) is 4.90 Å². The average molecular weight is 275 g/mol. The number of aromatic carboxylic acids is 1. The van der Waals surface area contributed by atoms with Crippen molar-refractivity contribution in [3.8, 4) is 0 Å². The molecule has 0 unspecified atom stereocenters. The van der Waals surface area contributed by atoms with Gasteiger partial charge in [0, 0.05) is 6.54 Å². The van der Waals surface area contributed by atoms with Gasteiger partial charge in [-0.1, -0.05) is 12.7 Å². The number of carboxylic acid groups (broad SMARTS) is 1. The molecular weight excluding hydrogens is 258 g/mol. The SMILES string of the molecule is C=CCOC(=O)N1CCCCc2cc(C(=O)O)ccc21. The van der Waals surface area contributed by atoms with Gasteiger partial charge in [0.1, 0.15) is 6.61 Å². The fraction of sp³-hybridized carbons (Fsp3) is 0.333. The highest BCUT2D eigenvalue weighted by Gasteiger charge is 2.23. The summed E-state index contributed by atoms with van der Waals surface area (Å²) in [5.74, 6) is -0.960. The topological polar surface area (TPSA) is 66.8 Å². The maximum atomic E-state index is 12.0. The highest BCUT2D eigenvalue weighted by molar-refractivity contribution is 5.92. The molecule has 20 heavy (non-hydrogen) atoms. The number of ether oxygens (including phenoxy) is 1. The molecule has 5 heteroatoms. The Bertz CT molecular complexity index is 539. The average Bonchev–Trinajstić information content (AvgIpc) is 2.66. The molecule has 0 bridgehead atoms. The summed E-state index contributed by atoms with van der Waals surface area (Å²) in [5, 5.41) is 9.03. The number of amides is 1. The van der Waals surface area contributed by atoms with Crippen LogP contribution in [0, 0.1) is 0 Å². The van der Waals surface area contributed by atoms with Gasteiger partial charge in [-0.05, 0) is 43.0 Å². The van der Waals surface area contributed by atoms with E-state index in [0.717, 1.165) is 30.5 Å². The zero-order valence-corrected chi connectivity index (χ0v) is 11.2. The standard InChI is InChI=1S/C15H17NO4/c1-2-9-20-15(19)16-8-4-3-5-11-10-12(14(17)18)6-7-13(11)16/h2,6-7,10H,1,3-5,8-9H2,(H,17,18). The second-order valence-electron chi connectivity index (χ2n) is 4.62. The number of fused-ring (bicyclic) bond motifs is 1. The summed E-state index contributed by atoms with van der Waals surface area (Å²) < 4.78 is 5.07. The van der Waals surface area contributed by atoms with Crippen molar-refractivity contribution in [1.29, 1.82) is 0 Å². The number of benzene rings is 1. The second-order valence-corrected chi connectivity index (χ2v) is 4.62. The predicted octanol–water partition coefficient (Wildman–Crippen LogP) is 2.85. The van der Waals surface area contributed by atoms with Gasteiger partial charge >= 0.3 is 12.1 Å². The van der Waals surface area contributed by atoms with Gasteiger partial charge in [-0.2, -0.15) is 0 Å². The van der Waals surface area contributed by atoms with Crippen LogP contribution in [0.2, 0.25) is 0 Å². The lowest BCUT2D eigenvalue weighted by Gasteiger charge is -2.22. The maximum Gasteiger partial charge on any atom is 0.414 e. The largest absolute Gasteiger partial charge is 0.478 e. The fourth-order valence-corrected chi connectivity index (χ4v) is 2.29. The first-order valence-electron chi connectivity index (χ1n) is 6.55. The van der Waals surface area contributed by atoms with Crippen LogP contribution in [-0.2, 0) is 11.2 Å². The normalized spacial score (nSPS) is 14.1. The quantitative estimate of drug-likeness (QED) is 0.861. The van der Waals surface area contributed by atoms with Gasteiger partial charge in [0.05, 0.1) is 11.3 Å². The Morgan fingerprint density at radius 2 is 2.20 bits per heavy atom. The number of carboxylic acids is 1. The van der Waals surface area contributed by atoms with Crippen molar-refractivity contribution in [3.05, 3.63) is 42.0 Å².